The number of benzene rings is 1. The Labute approximate surface area is 156 Å². The van der Waals surface area contributed by atoms with Gasteiger partial charge in [0.2, 0.25) is 5.78 Å². The van der Waals surface area contributed by atoms with Crippen LogP contribution in [0.2, 0.25) is 5.15 Å². The molecule has 1 fully saturated rings. The molecule has 0 aliphatic carbocycles. The maximum absolute atomic E-state index is 13.4. The number of halogens is 1. The van der Waals surface area contributed by atoms with Crippen molar-refractivity contribution in [1.82, 2.24) is 19.7 Å². The molecule has 0 radical (unpaired) electrons. The molecular weight excluding hydrogens is 350 g/mol. The van der Waals surface area contributed by atoms with Gasteiger partial charge >= 0.3 is 0 Å². The number of anilines is 1. The van der Waals surface area contributed by atoms with Crippen molar-refractivity contribution in [2.24, 2.45) is 7.05 Å². The minimum absolute atomic E-state index is 0.172. The molecule has 1 aliphatic rings. The van der Waals surface area contributed by atoms with E-state index >= 15 is 0 Å². The van der Waals surface area contributed by atoms with Gasteiger partial charge in [-0.1, -0.05) is 41.4 Å². The van der Waals surface area contributed by atoms with Crippen LogP contribution in [0.5, 0.6) is 0 Å². The molecule has 132 valence electrons. The van der Waals surface area contributed by atoms with Crippen molar-refractivity contribution in [3.63, 3.8) is 0 Å². The fourth-order valence-corrected chi connectivity index (χ4v) is 3.32. The standard InChI is InChI=1S/C19H18ClN5O/c1-12-4-6-13(7-5-12)16-14(10-23-24(16)2)17(26)15-18(20)21-11-22-19(15)25-8-3-9-25/h4-7,10-11H,3,8-9H2,1-2H3. The van der Waals surface area contributed by atoms with E-state index in [0.717, 1.165) is 36.3 Å². The van der Waals surface area contributed by atoms with Gasteiger partial charge < -0.3 is 4.90 Å². The zero-order valence-electron chi connectivity index (χ0n) is 14.6. The molecule has 0 N–H and O–H groups in total. The maximum Gasteiger partial charge on any atom is 0.203 e. The summed E-state index contributed by atoms with van der Waals surface area (Å²) in [6.45, 7) is 3.76. The average molecular weight is 368 g/mol. The Balaban J connectivity index is 1.83. The highest BCUT2D eigenvalue weighted by molar-refractivity contribution is 6.35. The molecule has 0 bridgehead atoms. The summed E-state index contributed by atoms with van der Waals surface area (Å²) in [5.41, 5.74) is 3.68. The van der Waals surface area contributed by atoms with Crippen molar-refractivity contribution in [3.05, 3.63) is 58.6 Å². The Morgan fingerprint density at radius 3 is 2.54 bits per heavy atom. The number of carbonyl (C=O) groups is 1. The molecule has 6 nitrogen and oxygen atoms in total. The number of rotatable bonds is 4. The Hall–Kier alpha value is -2.73. The normalized spacial score (nSPS) is 13.6. The molecule has 0 amide bonds. The van der Waals surface area contributed by atoms with E-state index in [1.165, 1.54) is 6.33 Å². The van der Waals surface area contributed by atoms with Crippen molar-refractivity contribution in [2.75, 3.05) is 18.0 Å². The minimum Gasteiger partial charge on any atom is -0.356 e. The third-order valence-electron chi connectivity index (χ3n) is 4.67. The van der Waals surface area contributed by atoms with Crippen LogP contribution in [0, 0.1) is 6.92 Å². The highest BCUT2D eigenvalue weighted by atomic mass is 35.5. The number of ketones is 1. The highest BCUT2D eigenvalue weighted by Gasteiger charge is 2.29. The Morgan fingerprint density at radius 1 is 1.15 bits per heavy atom. The van der Waals surface area contributed by atoms with E-state index in [9.17, 15) is 4.79 Å². The molecule has 1 aromatic carbocycles. The second kappa shape index (κ2) is 6.53. The predicted molar refractivity (Wildman–Crippen MR) is 101 cm³/mol. The number of hydrogen-bond donors (Lipinski definition) is 0. The molecule has 26 heavy (non-hydrogen) atoms. The highest BCUT2D eigenvalue weighted by Crippen LogP contribution is 2.32. The first-order chi connectivity index (χ1) is 12.6. The number of aromatic nitrogens is 4. The van der Waals surface area contributed by atoms with E-state index in [1.54, 1.807) is 10.9 Å². The molecule has 1 saturated heterocycles. The van der Waals surface area contributed by atoms with Gasteiger partial charge in [0.15, 0.2) is 0 Å². The molecule has 3 aromatic rings. The van der Waals surface area contributed by atoms with Crippen LogP contribution in [0.1, 0.15) is 27.9 Å². The van der Waals surface area contributed by atoms with Crippen molar-refractivity contribution in [2.45, 2.75) is 13.3 Å². The molecule has 3 heterocycles. The Kier molecular flexibility index (Phi) is 4.20. The van der Waals surface area contributed by atoms with Crippen LogP contribution >= 0.6 is 11.6 Å². The van der Waals surface area contributed by atoms with Gasteiger partial charge in [-0.25, -0.2) is 9.97 Å². The molecule has 1 aliphatic heterocycles. The van der Waals surface area contributed by atoms with Crippen LogP contribution in [0.15, 0.2) is 36.8 Å². The summed E-state index contributed by atoms with van der Waals surface area (Å²) in [6.07, 6.45) is 4.06. The van der Waals surface area contributed by atoms with Crippen LogP contribution in [0.25, 0.3) is 11.3 Å². The van der Waals surface area contributed by atoms with Gasteiger partial charge in [-0.2, -0.15) is 5.10 Å². The second-order valence-electron chi connectivity index (χ2n) is 6.43. The molecular formula is C19H18ClN5O. The van der Waals surface area contributed by atoms with E-state index in [4.69, 9.17) is 11.6 Å². The lowest BCUT2D eigenvalue weighted by molar-refractivity contribution is 0.103. The van der Waals surface area contributed by atoms with Crippen molar-refractivity contribution >= 4 is 23.2 Å². The Bertz CT molecular complexity index is 976. The fraction of sp³-hybridized carbons (Fsp3) is 0.263. The molecule has 0 saturated carbocycles. The van der Waals surface area contributed by atoms with Gasteiger partial charge in [-0.3, -0.25) is 9.48 Å². The quantitative estimate of drug-likeness (QED) is 0.523. The zero-order chi connectivity index (χ0) is 18.3. The first-order valence-corrected chi connectivity index (χ1v) is 8.83. The van der Waals surface area contributed by atoms with Gasteiger partial charge in [-0.05, 0) is 13.3 Å². The average Bonchev–Trinajstić information content (AvgIpc) is 2.95. The van der Waals surface area contributed by atoms with Crippen LogP contribution in [-0.4, -0.2) is 38.6 Å². The van der Waals surface area contributed by atoms with Gasteiger partial charge in [0, 0.05) is 25.7 Å². The topological polar surface area (TPSA) is 63.9 Å². The molecule has 7 heteroatoms. The number of aryl methyl sites for hydroxylation is 2. The monoisotopic (exact) mass is 367 g/mol. The lowest BCUT2D eigenvalue weighted by atomic mass is 10.00. The van der Waals surface area contributed by atoms with Crippen molar-refractivity contribution < 1.29 is 4.79 Å². The fourth-order valence-electron chi connectivity index (χ4n) is 3.11. The minimum atomic E-state index is -0.207. The van der Waals surface area contributed by atoms with Gasteiger partial charge in [0.05, 0.1) is 17.5 Å². The van der Waals surface area contributed by atoms with E-state index in [-0.39, 0.29) is 10.9 Å². The second-order valence-corrected chi connectivity index (χ2v) is 6.79. The van der Waals surface area contributed by atoms with Crippen molar-refractivity contribution in [3.8, 4) is 11.3 Å². The number of nitrogens with zero attached hydrogens (tertiary/aromatic N) is 5. The zero-order valence-corrected chi connectivity index (χ0v) is 15.4. The summed E-state index contributed by atoms with van der Waals surface area (Å²) in [6, 6.07) is 8.01. The third-order valence-corrected chi connectivity index (χ3v) is 4.96. The first kappa shape index (κ1) is 16.7. The smallest absolute Gasteiger partial charge is 0.203 e. The van der Waals surface area contributed by atoms with Gasteiger partial charge in [-0.15, -0.1) is 0 Å². The van der Waals surface area contributed by atoms with Crippen LogP contribution in [-0.2, 0) is 7.05 Å². The summed E-state index contributed by atoms with van der Waals surface area (Å²) in [5.74, 6) is 0.390. The summed E-state index contributed by atoms with van der Waals surface area (Å²) >= 11 is 6.30. The molecule has 2 aromatic heterocycles. The van der Waals surface area contributed by atoms with E-state index in [1.807, 2.05) is 43.1 Å². The van der Waals surface area contributed by atoms with Gasteiger partial charge in [0.1, 0.15) is 22.9 Å². The largest absolute Gasteiger partial charge is 0.356 e. The third kappa shape index (κ3) is 2.76. The summed E-state index contributed by atoms with van der Waals surface area (Å²) in [5, 5.41) is 4.47. The SMILES string of the molecule is Cc1ccc(-c2c(C(=O)c3c(Cl)ncnc3N3CCC3)cnn2C)cc1. The van der Waals surface area contributed by atoms with E-state index < -0.39 is 0 Å². The summed E-state index contributed by atoms with van der Waals surface area (Å²) < 4.78 is 1.71. The number of hydrogen-bond acceptors (Lipinski definition) is 5. The molecule has 4 rings (SSSR count). The molecule has 0 spiro atoms. The Morgan fingerprint density at radius 2 is 1.88 bits per heavy atom. The maximum atomic E-state index is 13.4. The van der Waals surface area contributed by atoms with E-state index in [0.29, 0.717) is 16.9 Å². The lowest BCUT2D eigenvalue weighted by Crippen LogP contribution is -2.39. The molecule has 0 unspecified atom stereocenters. The summed E-state index contributed by atoms with van der Waals surface area (Å²) in [7, 11) is 1.82. The number of carbonyl (C=O) groups excluding carboxylic acids is 1. The van der Waals surface area contributed by atoms with Crippen LogP contribution in [0.3, 0.4) is 0 Å². The lowest BCUT2D eigenvalue weighted by Gasteiger charge is -2.33. The van der Waals surface area contributed by atoms with Crippen LogP contribution < -0.4 is 4.90 Å². The summed E-state index contributed by atoms with van der Waals surface area (Å²) in [4.78, 5) is 23.7. The molecule has 0 atom stereocenters. The van der Waals surface area contributed by atoms with Crippen molar-refractivity contribution in [1.29, 1.82) is 0 Å². The van der Waals surface area contributed by atoms with Gasteiger partial charge in [0.25, 0.3) is 0 Å². The first-order valence-electron chi connectivity index (χ1n) is 8.45. The van der Waals surface area contributed by atoms with Crippen LogP contribution in [0.4, 0.5) is 5.82 Å². The van der Waals surface area contributed by atoms with E-state index in [2.05, 4.69) is 15.1 Å². The predicted octanol–water partition coefficient (Wildman–Crippen LogP) is 3.28.